The van der Waals surface area contributed by atoms with Gasteiger partial charge in [-0.2, -0.15) is 6.42 Å². The summed E-state index contributed by atoms with van der Waals surface area (Å²) in [5, 5.41) is 3.59. The van der Waals surface area contributed by atoms with E-state index in [1.807, 2.05) is 4.93 Å². The van der Waals surface area contributed by atoms with E-state index in [4.69, 9.17) is 23.8 Å². The fourth-order valence-corrected chi connectivity index (χ4v) is 4.43. The first kappa shape index (κ1) is 28.3. The van der Waals surface area contributed by atoms with Crippen molar-refractivity contribution in [3.8, 4) is 0 Å². The number of benzene rings is 2. The first-order valence-electron chi connectivity index (χ1n) is 18.0. The van der Waals surface area contributed by atoms with Gasteiger partial charge in [0, 0.05) is 90.4 Å². The number of fused-ring (bicyclic) bond motifs is 2. The molecule has 2 atom stereocenters. The number of piperidine rings is 2. The Morgan fingerprint density at radius 3 is 1.48 bits per heavy atom. The first-order valence-corrected chi connectivity index (χ1v) is 16.4. The Morgan fingerprint density at radius 1 is 0.826 bits per heavy atom. The summed E-state index contributed by atoms with van der Waals surface area (Å²) >= 11 is 4.38. The van der Waals surface area contributed by atoms with Gasteiger partial charge in [0.1, 0.15) is 12.1 Å². The van der Waals surface area contributed by atoms with Gasteiger partial charge in [0.05, 0.1) is 0 Å². The summed E-state index contributed by atoms with van der Waals surface area (Å²) in [6.45, 7) is 1.87. The molecule has 0 spiro atoms. The van der Waals surface area contributed by atoms with Crippen LogP contribution in [0.25, 0.3) is 0 Å². The number of carbonyl (C=O) groups excluding carboxylic acids is 6. The number of alkyl halides is 1. The zero-order valence-corrected chi connectivity index (χ0v) is 30.7. The van der Waals surface area contributed by atoms with Crippen molar-refractivity contribution in [1.29, 1.82) is 0 Å². The molecule has 1 radical (unpaired) electrons. The fraction of sp³-hybridized carbons (Fsp3) is 0.387. The van der Waals surface area contributed by atoms with Gasteiger partial charge in [-0.3, -0.25) is 43.8 Å². The van der Waals surface area contributed by atoms with E-state index >= 15 is 0 Å². The normalized spacial score (nSPS) is 26.4. The summed E-state index contributed by atoms with van der Waals surface area (Å²) in [6.07, 6.45) is -10.5. The average Bonchev–Trinajstić information content (AvgIpc) is 3.63. The maximum Gasteiger partial charge on any atom is 0.255 e. The van der Waals surface area contributed by atoms with Crippen molar-refractivity contribution in [1.82, 2.24) is 20.4 Å². The molecule has 2 aromatic carbocycles. The van der Waals surface area contributed by atoms with Crippen molar-refractivity contribution in [2.75, 3.05) is 16.4 Å². The minimum atomic E-state index is -2.95. The SMILES string of the molecule is CC[CH-]I.CI.[2H]C.[2H]C1([2H])C(=O)NC(=O)C(N2Cc3c(N)cccc3C2=O)C1([2H])[2H].[2H]C1([2H])C(=O)NC(=O)C(N2Cc3c(N)cccc3C2=O)C1([2H])[2H].[V]. The number of hydrogen-bond acceptors (Lipinski definition) is 8. The second-order valence-electron chi connectivity index (χ2n) is 9.16. The maximum atomic E-state index is 12.5. The van der Waals surface area contributed by atoms with Crippen LogP contribution in [0.15, 0.2) is 36.4 Å². The van der Waals surface area contributed by atoms with Crippen molar-refractivity contribution in [2.45, 2.75) is 71.4 Å². The molecule has 46 heavy (non-hydrogen) atoms. The molecule has 6 amide bonds. The van der Waals surface area contributed by atoms with Gasteiger partial charge in [-0.05, 0) is 41.9 Å². The molecule has 249 valence electrons. The molecule has 6 rings (SSSR count). The number of nitrogens with one attached hydrogen (secondary N) is 2. The van der Waals surface area contributed by atoms with Gasteiger partial charge >= 0.3 is 0 Å². The molecule has 4 aliphatic heterocycles. The second kappa shape index (κ2) is 19.2. The van der Waals surface area contributed by atoms with Gasteiger partial charge in [0.25, 0.3) is 11.8 Å². The van der Waals surface area contributed by atoms with E-state index in [-0.39, 0.29) is 42.8 Å². The van der Waals surface area contributed by atoms with Crippen LogP contribution in [0.5, 0.6) is 0 Å². The van der Waals surface area contributed by atoms with Crippen LogP contribution in [0.3, 0.4) is 0 Å². The molecule has 2 fully saturated rings. The molecule has 0 bridgehead atoms. The molecular formula is C31H39I2N6O6V-. The molecule has 0 aromatic heterocycles. The molecule has 12 nitrogen and oxygen atoms in total. The predicted octanol–water partition coefficient (Wildman–Crippen LogP) is 3.74. The summed E-state index contributed by atoms with van der Waals surface area (Å²) in [6, 6.07) is 5.75. The number of halogens is 2. The fourth-order valence-electron chi connectivity index (χ4n) is 4.43. The van der Waals surface area contributed by atoms with Crippen LogP contribution in [0.2, 0.25) is 0 Å². The molecule has 4 heterocycles. The van der Waals surface area contributed by atoms with Gasteiger partial charge in [-0.1, -0.05) is 49.1 Å². The molecular weight excluding hydrogens is 857 g/mol. The van der Waals surface area contributed by atoms with E-state index in [9.17, 15) is 28.8 Å². The third kappa shape index (κ3) is 9.44. The molecule has 6 N–H and O–H groups in total. The molecule has 2 saturated heterocycles. The van der Waals surface area contributed by atoms with Crippen molar-refractivity contribution >= 4 is 92.0 Å². The summed E-state index contributed by atoms with van der Waals surface area (Å²) < 4.78 is 70.2. The number of amides is 6. The summed E-state index contributed by atoms with van der Waals surface area (Å²) in [5.41, 5.74) is 13.7. The Kier molecular flexibility index (Phi) is 11.8. The third-order valence-corrected chi connectivity index (χ3v) is 7.34. The molecule has 4 aliphatic rings. The molecule has 15 heteroatoms. The topological polar surface area (TPSA) is 185 Å². The van der Waals surface area contributed by atoms with Crippen LogP contribution < -0.4 is 22.1 Å². The van der Waals surface area contributed by atoms with Crippen molar-refractivity contribution in [3.05, 3.63) is 63.1 Å². The summed E-state index contributed by atoms with van der Waals surface area (Å²) in [4.78, 5) is 76.2. The van der Waals surface area contributed by atoms with Crippen LogP contribution >= 0.6 is 45.2 Å². The molecule has 2 unspecified atom stereocenters. The number of imide groups is 2. The zero-order valence-electron chi connectivity index (χ0n) is 34.0. The number of nitrogen functional groups attached to an aromatic ring is 2. The number of anilines is 2. The number of carbonyl (C=O) groups is 6. The predicted molar refractivity (Wildman–Crippen MR) is 189 cm³/mol. The average molecular weight is 905 g/mol. The number of nitrogens with two attached hydrogens (primary N) is 2. The molecule has 2 aromatic rings. The van der Waals surface area contributed by atoms with Gasteiger partial charge in [0.2, 0.25) is 23.6 Å². The van der Waals surface area contributed by atoms with E-state index in [0.717, 1.165) is 9.80 Å². The van der Waals surface area contributed by atoms with Crippen LogP contribution in [0, 0.1) is 4.43 Å². The number of hydrogen-bond donors (Lipinski definition) is 4. The van der Waals surface area contributed by atoms with Crippen molar-refractivity contribution in [3.63, 3.8) is 0 Å². The van der Waals surface area contributed by atoms with Gasteiger partial charge in [-0.25, -0.2) is 0 Å². The smallest absolute Gasteiger partial charge is 0.255 e. The summed E-state index contributed by atoms with van der Waals surface area (Å²) in [5.74, 6) is -6.05. The Hall–Kier alpha value is -2.70. The Morgan fingerprint density at radius 2 is 1.17 bits per heavy atom. The van der Waals surface area contributed by atoms with Crippen molar-refractivity contribution in [2.24, 2.45) is 0 Å². The van der Waals surface area contributed by atoms with Gasteiger partial charge < -0.3 is 43.9 Å². The van der Waals surface area contributed by atoms with E-state index in [0.29, 0.717) is 22.5 Å². The van der Waals surface area contributed by atoms with Crippen LogP contribution in [0.4, 0.5) is 11.4 Å². The van der Waals surface area contributed by atoms with Crippen LogP contribution in [0.1, 0.15) is 90.4 Å². The van der Waals surface area contributed by atoms with Gasteiger partial charge in [0.15, 0.2) is 0 Å². The largest absolute Gasteiger partial charge is 0.398 e. The van der Waals surface area contributed by atoms with Crippen LogP contribution in [-0.4, -0.2) is 62.3 Å². The standard InChI is InChI=1S/2C13H13N3O3.C3H6I.CH3I.CH4.V/c2*14-9-3-1-2-7-8(9)6-16(13(7)19)10-4-5-11(17)15-12(10)18;1-2-3-4;1-2;;/h2*1-3,10H,4-6,14H2,(H,15,17,18);3H,2H2,1H3;1H3;1H4;/q;;-1;;;/i2*4D2,5D2;;;1D;. The minimum absolute atomic E-state index is 0. The Labute approximate surface area is 321 Å². The quantitative estimate of drug-likeness (QED) is 0.118. The Balaban J connectivity index is 0.000000456. The number of nitrogens with zero attached hydrogens (tertiary/aromatic N) is 2. The number of rotatable bonds is 3. The molecule has 0 saturated carbocycles. The zero-order chi connectivity index (χ0) is 41.7. The first-order chi connectivity index (χ1) is 25.1. The maximum absolute atomic E-state index is 12.5. The van der Waals surface area contributed by atoms with E-state index in [2.05, 4.69) is 56.5 Å². The third-order valence-electron chi connectivity index (χ3n) is 6.46. The van der Waals surface area contributed by atoms with E-state index in [1.165, 1.54) is 26.0 Å². The second-order valence-corrected chi connectivity index (χ2v) is 10.0. The Bertz CT molecular complexity index is 1680. The van der Waals surface area contributed by atoms with Gasteiger partial charge in [-0.15, -0.1) is 0 Å². The van der Waals surface area contributed by atoms with E-state index in [1.54, 1.807) is 34.9 Å². The summed E-state index contributed by atoms with van der Waals surface area (Å²) in [7, 11) is 1.25. The monoisotopic (exact) mass is 905 g/mol. The van der Waals surface area contributed by atoms with Crippen LogP contribution in [-0.2, 0) is 50.8 Å². The van der Waals surface area contributed by atoms with Crippen molar-refractivity contribution < 1.29 is 59.7 Å². The van der Waals surface area contributed by atoms with E-state index < -0.39 is 73.0 Å². The molecule has 0 aliphatic carbocycles. The minimum Gasteiger partial charge on any atom is -0.398 e.